The van der Waals surface area contributed by atoms with E-state index < -0.39 is 0 Å². The minimum atomic E-state index is 0.0273. The van der Waals surface area contributed by atoms with E-state index in [-0.39, 0.29) is 6.04 Å². The first-order valence-corrected chi connectivity index (χ1v) is 20.2. The number of rotatable bonds is 6. The molecule has 270 valence electrons. The maximum Gasteiger partial charge on any atom is 0.138 e. The van der Waals surface area contributed by atoms with E-state index in [1.807, 2.05) is 0 Å². The average molecular weight is 723 g/mol. The zero-order valence-corrected chi connectivity index (χ0v) is 31.4. The molecule has 0 spiro atoms. The van der Waals surface area contributed by atoms with Crippen molar-refractivity contribution in [1.29, 1.82) is 0 Å². The minimum absolute atomic E-state index is 0.0273. The SMILES string of the molecule is C1=CCCC(C2=CC(c3ccccc3)=NC(c3ccccc3-c3ccc4c(c3)c3c(n4-c4ccc(C5=c6oc7ccccc7c6=CCC5)cc4)C=CCC3)C2)=C1. The number of hydrogen-bond donors (Lipinski definition) is 0. The Bertz CT molecular complexity index is 2980. The lowest BCUT2D eigenvalue weighted by Gasteiger charge is -2.26. The Morgan fingerprint density at radius 1 is 0.661 bits per heavy atom. The van der Waals surface area contributed by atoms with Crippen molar-refractivity contribution in [3.8, 4) is 16.8 Å². The van der Waals surface area contributed by atoms with Gasteiger partial charge in [0.1, 0.15) is 11.0 Å². The van der Waals surface area contributed by atoms with Crippen molar-refractivity contribution in [1.82, 2.24) is 4.57 Å². The number of para-hydroxylation sites is 1. The van der Waals surface area contributed by atoms with E-state index in [1.54, 1.807) is 0 Å². The first-order valence-electron chi connectivity index (χ1n) is 20.2. The second-order valence-electron chi connectivity index (χ2n) is 15.5. The zero-order valence-electron chi connectivity index (χ0n) is 31.4. The monoisotopic (exact) mass is 722 g/mol. The largest absolute Gasteiger partial charge is 0.456 e. The Morgan fingerprint density at radius 2 is 1.48 bits per heavy atom. The lowest BCUT2D eigenvalue weighted by molar-refractivity contribution is 0.568. The molecule has 0 fully saturated rings. The normalized spacial score (nSPS) is 17.6. The summed E-state index contributed by atoms with van der Waals surface area (Å²) in [4.78, 5) is 5.47. The molecule has 3 nitrogen and oxygen atoms in total. The van der Waals surface area contributed by atoms with Gasteiger partial charge >= 0.3 is 0 Å². The minimum Gasteiger partial charge on any atom is -0.456 e. The fraction of sp³-hybridized carbons (Fsp3) is 0.151. The summed E-state index contributed by atoms with van der Waals surface area (Å²) < 4.78 is 8.91. The molecule has 0 radical (unpaired) electrons. The molecule has 4 aliphatic rings. The molecule has 11 rings (SSSR count). The van der Waals surface area contributed by atoms with E-state index in [1.165, 1.54) is 83.0 Å². The van der Waals surface area contributed by atoms with Gasteiger partial charge in [-0.15, -0.1) is 0 Å². The van der Waals surface area contributed by atoms with Crippen LogP contribution in [0.3, 0.4) is 0 Å². The van der Waals surface area contributed by atoms with Crippen LogP contribution in [0.15, 0.2) is 172 Å². The third-order valence-electron chi connectivity index (χ3n) is 12.2. The van der Waals surface area contributed by atoms with Gasteiger partial charge in [0.15, 0.2) is 0 Å². The van der Waals surface area contributed by atoms with Crippen LogP contribution in [0.25, 0.3) is 56.4 Å². The van der Waals surface area contributed by atoms with E-state index in [2.05, 4.69) is 168 Å². The summed E-state index contributed by atoms with van der Waals surface area (Å²) in [6, 6.07) is 44.4. The molecule has 3 heteroatoms. The maximum absolute atomic E-state index is 6.45. The molecule has 0 bridgehead atoms. The highest BCUT2D eigenvalue weighted by atomic mass is 16.3. The summed E-state index contributed by atoms with van der Waals surface area (Å²) in [5.41, 5.74) is 18.5. The molecular formula is C53H42N2O. The first kappa shape index (κ1) is 32.9. The Labute approximate surface area is 327 Å². The van der Waals surface area contributed by atoms with Gasteiger partial charge in [0, 0.05) is 32.9 Å². The molecule has 0 amide bonds. The predicted molar refractivity (Wildman–Crippen MR) is 233 cm³/mol. The highest BCUT2D eigenvalue weighted by Gasteiger charge is 2.25. The molecule has 3 heterocycles. The third kappa shape index (κ3) is 5.61. The van der Waals surface area contributed by atoms with Crippen molar-refractivity contribution in [2.75, 3.05) is 0 Å². The van der Waals surface area contributed by atoms with Crippen LogP contribution >= 0.6 is 0 Å². The number of benzene rings is 5. The number of fused-ring (bicyclic) bond motifs is 6. The predicted octanol–water partition coefficient (Wildman–Crippen LogP) is 11.9. The van der Waals surface area contributed by atoms with Crippen molar-refractivity contribution in [3.63, 3.8) is 0 Å². The smallest absolute Gasteiger partial charge is 0.138 e. The van der Waals surface area contributed by atoms with Gasteiger partial charge < -0.3 is 8.98 Å². The number of dihydropyridines is 1. The van der Waals surface area contributed by atoms with E-state index in [4.69, 9.17) is 9.41 Å². The Hall–Kier alpha value is -6.45. The van der Waals surface area contributed by atoms with Gasteiger partial charge in [-0.3, -0.25) is 4.99 Å². The fourth-order valence-corrected chi connectivity index (χ4v) is 9.51. The summed E-state index contributed by atoms with van der Waals surface area (Å²) in [5, 5.41) is 3.78. The van der Waals surface area contributed by atoms with E-state index in [0.29, 0.717) is 0 Å². The summed E-state index contributed by atoms with van der Waals surface area (Å²) in [5.74, 6) is 0. The van der Waals surface area contributed by atoms with Crippen LogP contribution in [0.2, 0.25) is 0 Å². The molecule has 1 atom stereocenters. The molecule has 5 aromatic carbocycles. The summed E-state index contributed by atoms with van der Waals surface area (Å²) in [6.45, 7) is 0. The lowest BCUT2D eigenvalue weighted by Crippen LogP contribution is -2.26. The Kier molecular flexibility index (Phi) is 8.05. The van der Waals surface area contributed by atoms with Crippen LogP contribution in [0, 0.1) is 0 Å². The Balaban J connectivity index is 0.992. The molecule has 3 aliphatic carbocycles. The molecule has 2 aromatic heterocycles. The van der Waals surface area contributed by atoms with Gasteiger partial charge in [0.05, 0.1) is 17.3 Å². The van der Waals surface area contributed by atoms with Crippen molar-refractivity contribution < 1.29 is 4.42 Å². The van der Waals surface area contributed by atoms with E-state index >= 15 is 0 Å². The highest BCUT2D eigenvalue weighted by Crippen LogP contribution is 2.42. The molecule has 0 saturated carbocycles. The van der Waals surface area contributed by atoms with Crippen LogP contribution in [0.1, 0.15) is 72.5 Å². The summed E-state index contributed by atoms with van der Waals surface area (Å²) >= 11 is 0. The quantitative estimate of drug-likeness (QED) is 0.168. The molecule has 7 aromatic rings. The molecule has 0 saturated heterocycles. The van der Waals surface area contributed by atoms with Crippen molar-refractivity contribution in [2.24, 2.45) is 4.99 Å². The van der Waals surface area contributed by atoms with Gasteiger partial charge in [-0.05, 0) is 132 Å². The van der Waals surface area contributed by atoms with Crippen LogP contribution in [-0.4, -0.2) is 10.3 Å². The average Bonchev–Trinajstić information content (AvgIpc) is 3.83. The van der Waals surface area contributed by atoms with Gasteiger partial charge in [-0.2, -0.15) is 0 Å². The molecular weight excluding hydrogens is 681 g/mol. The van der Waals surface area contributed by atoms with E-state index in [9.17, 15) is 0 Å². The van der Waals surface area contributed by atoms with Gasteiger partial charge in [-0.25, -0.2) is 0 Å². The van der Waals surface area contributed by atoms with Crippen LogP contribution in [0.5, 0.6) is 0 Å². The molecule has 0 N–H and O–H groups in total. The number of aliphatic imine (C=N–C) groups is 1. The standard InChI is InChI=1S/C53H42N2O/c1-3-14-35(15-4-1)39-33-48(37-16-5-2-6-17-37)54-49(34-39)43-19-8-7-18-41(43)38-28-31-51-47(32-38)44-20-9-11-24-50(44)55(51)40-29-26-36(27-30-40)42-22-13-23-46-45-21-10-12-25-52(45)56-53(42)46/h1-3,5-8,10-12,14,16-19,21,23-33,49H,4,9,13,15,20,22,34H2. The van der Waals surface area contributed by atoms with Gasteiger partial charge in [-0.1, -0.05) is 121 Å². The van der Waals surface area contributed by atoms with E-state index in [0.717, 1.165) is 61.7 Å². The van der Waals surface area contributed by atoms with Crippen molar-refractivity contribution in [2.45, 2.75) is 51.0 Å². The maximum atomic E-state index is 6.45. The van der Waals surface area contributed by atoms with Crippen molar-refractivity contribution in [3.05, 3.63) is 201 Å². The number of furan rings is 1. The highest BCUT2D eigenvalue weighted by molar-refractivity contribution is 6.10. The second-order valence-corrected chi connectivity index (χ2v) is 15.5. The van der Waals surface area contributed by atoms with Crippen LogP contribution < -0.4 is 10.6 Å². The number of aromatic nitrogens is 1. The van der Waals surface area contributed by atoms with Gasteiger partial charge in [0.25, 0.3) is 0 Å². The second kappa shape index (κ2) is 13.7. The number of hydrogen-bond acceptors (Lipinski definition) is 2. The number of allylic oxidation sites excluding steroid dienone is 6. The third-order valence-corrected chi connectivity index (χ3v) is 12.2. The fourth-order valence-electron chi connectivity index (χ4n) is 9.51. The summed E-state index contributed by atoms with van der Waals surface area (Å²) in [7, 11) is 0. The lowest BCUT2D eigenvalue weighted by atomic mass is 9.84. The van der Waals surface area contributed by atoms with Gasteiger partial charge in [0.2, 0.25) is 0 Å². The Morgan fingerprint density at radius 3 is 2.38 bits per heavy atom. The molecule has 1 unspecified atom stereocenters. The summed E-state index contributed by atoms with van der Waals surface area (Å²) in [6.07, 6.45) is 23.3. The zero-order chi connectivity index (χ0) is 37.0. The van der Waals surface area contributed by atoms with Crippen LogP contribution in [-0.2, 0) is 6.42 Å². The number of nitrogens with zero attached hydrogens (tertiary/aromatic N) is 2. The first-order chi connectivity index (χ1) is 27.8. The van der Waals surface area contributed by atoms with Crippen LogP contribution in [0.4, 0.5) is 0 Å². The molecule has 56 heavy (non-hydrogen) atoms. The van der Waals surface area contributed by atoms with Crippen molar-refractivity contribution >= 4 is 45.3 Å². The topological polar surface area (TPSA) is 30.4 Å². The molecule has 1 aliphatic heterocycles. The number of aryl methyl sites for hydroxylation is 1.